The summed E-state index contributed by atoms with van der Waals surface area (Å²) >= 11 is 5.99. The van der Waals surface area contributed by atoms with Crippen molar-refractivity contribution >= 4 is 40.2 Å². The van der Waals surface area contributed by atoms with Crippen LogP contribution in [-0.4, -0.2) is 33.8 Å². The molecule has 142 valence electrons. The number of hydrogen-bond acceptors (Lipinski definition) is 5. The van der Waals surface area contributed by atoms with E-state index in [0.29, 0.717) is 5.52 Å². The Morgan fingerprint density at radius 1 is 1.33 bits per heavy atom. The highest BCUT2D eigenvalue weighted by atomic mass is 35.5. The minimum Gasteiger partial charge on any atom is -0.394 e. The van der Waals surface area contributed by atoms with Gasteiger partial charge in [-0.1, -0.05) is 17.7 Å². The molecule has 0 radical (unpaired) electrons. The Kier molecular flexibility index (Phi) is 5.54. The summed E-state index contributed by atoms with van der Waals surface area (Å²) in [6, 6.07) is 6.61. The number of anilines is 2. The fourth-order valence-electron chi connectivity index (χ4n) is 2.44. The molecule has 0 spiro atoms. The van der Waals surface area contributed by atoms with Gasteiger partial charge in [-0.3, -0.25) is 9.63 Å². The van der Waals surface area contributed by atoms with Crippen molar-refractivity contribution in [1.82, 2.24) is 15.0 Å². The summed E-state index contributed by atoms with van der Waals surface area (Å²) in [6.45, 7) is -0.372. The third kappa shape index (κ3) is 3.85. The Hall–Kier alpha value is -2.75. The molecule has 0 unspecified atom stereocenters. The molecule has 3 aromatic rings. The van der Waals surface area contributed by atoms with E-state index in [1.807, 2.05) is 0 Å². The van der Waals surface area contributed by atoms with Crippen molar-refractivity contribution < 1.29 is 23.5 Å². The van der Waals surface area contributed by atoms with Crippen LogP contribution in [0.3, 0.4) is 0 Å². The number of aliphatic hydroxyl groups is 1. The van der Waals surface area contributed by atoms with Crippen LogP contribution < -0.4 is 10.8 Å². The molecule has 3 N–H and O–H groups in total. The van der Waals surface area contributed by atoms with Crippen molar-refractivity contribution in [3.8, 4) is 0 Å². The summed E-state index contributed by atoms with van der Waals surface area (Å²) in [5, 5.41) is 11.5. The van der Waals surface area contributed by atoms with Gasteiger partial charge in [0.25, 0.3) is 5.91 Å². The highest BCUT2D eigenvalue weighted by Crippen LogP contribution is 2.30. The van der Waals surface area contributed by atoms with Crippen LogP contribution in [0.2, 0.25) is 5.02 Å². The molecule has 2 aromatic carbocycles. The number of fused-ring (bicyclic) bond motifs is 1. The number of para-hydroxylation sites is 1. The maximum atomic E-state index is 14.4. The molecule has 10 heteroatoms. The zero-order valence-electron chi connectivity index (χ0n) is 14.1. The van der Waals surface area contributed by atoms with E-state index in [0.717, 1.165) is 6.07 Å². The lowest BCUT2D eigenvalue weighted by atomic mass is 10.2. The molecule has 0 atom stereocenters. The minimum absolute atomic E-state index is 0.000267. The minimum atomic E-state index is -0.733. The summed E-state index contributed by atoms with van der Waals surface area (Å²) in [4.78, 5) is 20.9. The molecule has 7 nitrogen and oxygen atoms in total. The van der Waals surface area contributed by atoms with Gasteiger partial charge in [-0.2, -0.15) is 0 Å². The Balaban J connectivity index is 1.97. The summed E-state index contributed by atoms with van der Waals surface area (Å²) < 4.78 is 29.9. The first-order valence-corrected chi connectivity index (χ1v) is 8.20. The van der Waals surface area contributed by atoms with E-state index in [4.69, 9.17) is 21.5 Å². The van der Waals surface area contributed by atoms with E-state index in [9.17, 15) is 13.6 Å². The Morgan fingerprint density at radius 2 is 2.11 bits per heavy atom. The van der Waals surface area contributed by atoms with Gasteiger partial charge in [0.05, 0.1) is 29.4 Å². The molecule has 1 aromatic heterocycles. The molecular weight excluding hydrogens is 382 g/mol. The predicted octanol–water partition coefficient (Wildman–Crippen LogP) is 2.90. The molecule has 3 rings (SSSR count). The van der Waals surface area contributed by atoms with Gasteiger partial charge >= 0.3 is 0 Å². The standard InChI is InChI=1S/C17H15ClF2N4O3/c1-24-13-8-9(16(26)23-27-6-5-25)7-12(20)15(13)22-17(24)21-14-10(18)3-2-4-11(14)19/h2-4,7-8,25H,5-6H2,1H3,(H,21,22)(H,23,26). The van der Waals surface area contributed by atoms with Crippen LogP contribution in [-0.2, 0) is 11.9 Å². The SMILES string of the molecule is Cn1c(Nc2c(F)cccc2Cl)nc2c(F)cc(C(=O)NOCCO)cc21. The highest BCUT2D eigenvalue weighted by molar-refractivity contribution is 6.33. The molecule has 0 saturated carbocycles. The molecule has 1 heterocycles. The third-order valence-corrected chi connectivity index (χ3v) is 4.07. The second-order valence-corrected chi connectivity index (χ2v) is 5.95. The fraction of sp³-hybridized carbons (Fsp3) is 0.176. The highest BCUT2D eigenvalue weighted by Gasteiger charge is 2.18. The average Bonchev–Trinajstić information content (AvgIpc) is 2.95. The molecule has 0 aliphatic carbocycles. The smallest absolute Gasteiger partial charge is 0.275 e. The van der Waals surface area contributed by atoms with Gasteiger partial charge in [0, 0.05) is 12.6 Å². The molecule has 0 bridgehead atoms. The van der Waals surface area contributed by atoms with Crippen LogP contribution in [0.5, 0.6) is 0 Å². The Morgan fingerprint density at radius 3 is 2.81 bits per heavy atom. The summed E-state index contributed by atoms with van der Waals surface area (Å²) in [7, 11) is 1.58. The number of carbonyl (C=O) groups excluding carboxylic acids is 1. The predicted molar refractivity (Wildman–Crippen MR) is 95.9 cm³/mol. The lowest BCUT2D eigenvalue weighted by Crippen LogP contribution is -2.25. The Labute approximate surface area is 157 Å². The number of hydroxylamine groups is 1. The van der Waals surface area contributed by atoms with Gasteiger partial charge < -0.3 is 15.0 Å². The summed E-state index contributed by atoms with van der Waals surface area (Å²) in [5.41, 5.74) is 2.40. The van der Waals surface area contributed by atoms with Crippen molar-refractivity contribution in [2.75, 3.05) is 18.5 Å². The van der Waals surface area contributed by atoms with Crippen molar-refractivity contribution in [1.29, 1.82) is 0 Å². The summed E-state index contributed by atoms with van der Waals surface area (Å²) in [5.74, 6) is -1.86. The number of nitrogens with zero attached hydrogens (tertiary/aromatic N) is 2. The summed E-state index contributed by atoms with van der Waals surface area (Å²) in [6.07, 6.45) is 0. The maximum absolute atomic E-state index is 14.4. The van der Waals surface area contributed by atoms with E-state index >= 15 is 0 Å². The lowest BCUT2D eigenvalue weighted by Gasteiger charge is -2.09. The van der Waals surface area contributed by atoms with Gasteiger partial charge in [-0.15, -0.1) is 0 Å². The zero-order chi connectivity index (χ0) is 19.6. The van der Waals surface area contributed by atoms with E-state index < -0.39 is 17.5 Å². The van der Waals surface area contributed by atoms with Crippen LogP contribution in [0.15, 0.2) is 30.3 Å². The van der Waals surface area contributed by atoms with Crippen LogP contribution in [0.25, 0.3) is 11.0 Å². The molecule has 0 aliphatic heterocycles. The van der Waals surface area contributed by atoms with Gasteiger partial charge in [-0.05, 0) is 24.3 Å². The van der Waals surface area contributed by atoms with Gasteiger partial charge in [0.2, 0.25) is 5.95 Å². The number of benzene rings is 2. The number of aromatic nitrogens is 2. The average molecular weight is 397 g/mol. The number of aliphatic hydroxyl groups excluding tert-OH is 1. The number of carbonyl (C=O) groups is 1. The van der Waals surface area contributed by atoms with Gasteiger partial charge in [0.15, 0.2) is 5.82 Å². The second kappa shape index (κ2) is 7.87. The lowest BCUT2D eigenvalue weighted by molar-refractivity contribution is 0.0168. The van der Waals surface area contributed by atoms with E-state index in [1.165, 1.54) is 28.8 Å². The normalized spacial score (nSPS) is 11.0. The topological polar surface area (TPSA) is 88.4 Å². The number of imidazole rings is 1. The van der Waals surface area contributed by atoms with E-state index in [1.54, 1.807) is 7.05 Å². The van der Waals surface area contributed by atoms with E-state index in [-0.39, 0.29) is 41.0 Å². The number of hydrogen-bond donors (Lipinski definition) is 3. The number of amides is 1. The van der Waals surface area contributed by atoms with Crippen LogP contribution in [0.4, 0.5) is 20.4 Å². The van der Waals surface area contributed by atoms with E-state index in [2.05, 4.69) is 15.8 Å². The Bertz CT molecular complexity index is 989. The zero-order valence-corrected chi connectivity index (χ0v) is 14.8. The number of nitrogens with one attached hydrogen (secondary N) is 2. The van der Waals surface area contributed by atoms with Crippen molar-refractivity contribution in [3.05, 3.63) is 52.6 Å². The largest absolute Gasteiger partial charge is 0.394 e. The molecule has 1 amide bonds. The maximum Gasteiger partial charge on any atom is 0.275 e. The molecule has 0 fully saturated rings. The van der Waals surface area contributed by atoms with Crippen molar-refractivity contribution in [2.24, 2.45) is 7.05 Å². The van der Waals surface area contributed by atoms with Crippen LogP contribution in [0.1, 0.15) is 10.4 Å². The first-order chi connectivity index (χ1) is 12.9. The first-order valence-electron chi connectivity index (χ1n) is 7.82. The van der Waals surface area contributed by atoms with Gasteiger partial charge in [0.1, 0.15) is 11.3 Å². The second-order valence-electron chi connectivity index (χ2n) is 5.55. The number of aryl methyl sites for hydroxylation is 1. The molecule has 27 heavy (non-hydrogen) atoms. The fourth-order valence-corrected chi connectivity index (χ4v) is 2.65. The monoisotopic (exact) mass is 396 g/mol. The molecule has 0 aliphatic rings. The van der Waals surface area contributed by atoms with Crippen LogP contribution in [0, 0.1) is 11.6 Å². The first kappa shape index (κ1) is 19.0. The number of rotatable bonds is 6. The van der Waals surface area contributed by atoms with Crippen molar-refractivity contribution in [3.63, 3.8) is 0 Å². The van der Waals surface area contributed by atoms with Gasteiger partial charge in [-0.25, -0.2) is 19.2 Å². The van der Waals surface area contributed by atoms with Crippen molar-refractivity contribution in [2.45, 2.75) is 0 Å². The number of halogens is 3. The quantitative estimate of drug-likeness (QED) is 0.440. The molecule has 0 saturated heterocycles. The third-order valence-electron chi connectivity index (χ3n) is 3.76. The molecular formula is C17H15ClF2N4O3. The van der Waals surface area contributed by atoms with Crippen LogP contribution >= 0.6 is 11.6 Å².